The maximum Gasteiger partial charge on any atom is 0.0128 e. The molecule has 0 fully saturated rings. The molecule has 0 heterocycles. The number of hydrogen-bond acceptors (Lipinski definition) is 2. The minimum Gasteiger partial charge on any atom is -0.269 e. The lowest BCUT2D eigenvalue weighted by Gasteiger charge is -2.12. The van der Waals surface area contributed by atoms with Crippen molar-refractivity contribution in [1.29, 1.82) is 0 Å². The maximum absolute atomic E-state index is 5.44. The van der Waals surface area contributed by atoms with Crippen molar-refractivity contribution in [1.82, 2.24) is 5.01 Å². The topological polar surface area (TPSA) is 29.3 Å². The molecule has 0 aliphatic carbocycles. The number of allylic oxidation sites excluding steroid dienone is 1. The first-order chi connectivity index (χ1) is 4.66. The number of rotatable bonds is 5. The SMILES string of the molecule is C=CCC(C)CCN(C)N. The van der Waals surface area contributed by atoms with Gasteiger partial charge in [-0.25, -0.2) is 0 Å². The van der Waals surface area contributed by atoms with E-state index in [1.165, 1.54) is 0 Å². The van der Waals surface area contributed by atoms with E-state index in [9.17, 15) is 0 Å². The van der Waals surface area contributed by atoms with Crippen molar-refractivity contribution in [3.8, 4) is 0 Å². The first-order valence-corrected chi connectivity index (χ1v) is 3.73. The Morgan fingerprint density at radius 2 is 2.30 bits per heavy atom. The van der Waals surface area contributed by atoms with Crippen molar-refractivity contribution in [3.05, 3.63) is 12.7 Å². The average molecular weight is 142 g/mol. The summed E-state index contributed by atoms with van der Waals surface area (Å²) in [6, 6.07) is 0. The molecule has 10 heavy (non-hydrogen) atoms. The molecule has 0 rings (SSSR count). The largest absolute Gasteiger partial charge is 0.269 e. The van der Waals surface area contributed by atoms with Crippen LogP contribution in [-0.2, 0) is 0 Å². The minimum atomic E-state index is 0.712. The molecule has 2 N–H and O–H groups in total. The van der Waals surface area contributed by atoms with Crippen molar-refractivity contribution >= 4 is 0 Å². The first kappa shape index (κ1) is 9.66. The van der Waals surface area contributed by atoms with Crippen LogP contribution < -0.4 is 5.84 Å². The molecule has 0 bridgehead atoms. The molecule has 1 unspecified atom stereocenters. The minimum absolute atomic E-state index is 0.712. The molecule has 0 aliphatic heterocycles. The number of nitrogens with zero attached hydrogens (tertiary/aromatic N) is 1. The van der Waals surface area contributed by atoms with Crippen LogP contribution in [0.5, 0.6) is 0 Å². The van der Waals surface area contributed by atoms with Crippen LogP contribution in [0.1, 0.15) is 19.8 Å². The lowest BCUT2D eigenvalue weighted by atomic mass is 10.0. The van der Waals surface area contributed by atoms with E-state index in [4.69, 9.17) is 5.84 Å². The van der Waals surface area contributed by atoms with Crippen LogP contribution in [0, 0.1) is 5.92 Å². The van der Waals surface area contributed by atoms with E-state index in [0.29, 0.717) is 5.92 Å². The zero-order valence-electron chi connectivity index (χ0n) is 7.01. The third-order valence-electron chi connectivity index (χ3n) is 1.54. The molecule has 2 heteroatoms. The monoisotopic (exact) mass is 142 g/mol. The second-order valence-electron chi connectivity index (χ2n) is 2.90. The van der Waals surface area contributed by atoms with E-state index in [1.807, 2.05) is 13.1 Å². The fourth-order valence-electron chi connectivity index (χ4n) is 0.826. The van der Waals surface area contributed by atoms with Gasteiger partial charge in [0.05, 0.1) is 0 Å². The second-order valence-corrected chi connectivity index (χ2v) is 2.90. The van der Waals surface area contributed by atoms with Crippen LogP contribution in [0.25, 0.3) is 0 Å². The molecule has 0 aromatic heterocycles. The highest BCUT2D eigenvalue weighted by Crippen LogP contribution is 2.06. The molecule has 0 spiro atoms. The molecule has 0 aromatic carbocycles. The average Bonchev–Trinajstić information content (AvgIpc) is 1.85. The van der Waals surface area contributed by atoms with Crippen LogP contribution >= 0.6 is 0 Å². The molecular weight excluding hydrogens is 124 g/mol. The van der Waals surface area contributed by atoms with Crippen molar-refractivity contribution < 1.29 is 0 Å². The first-order valence-electron chi connectivity index (χ1n) is 3.73. The Morgan fingerprint density at radius 3 is 2.70 bits per heavy atom. The summed E-state index contributed by atoms with van der Waals surface area (Å²) in [7, 11) is 1.89. The highest BCUT2D eigenvalue weighted by molar-refractivity contribution is 4.70. The van der Waals surface area contributed by atoms with Gasteiger partial charge in [-0.1, -0.05) is 13.0 Å². The Hall–Kier alpha value is -0.340. The summed E-state index contributed by atoms with van der Waals surface area (Å²) in [5.41, 5.74) is 0. The Labute approximate surface area is 63.7 Å². The van der Waals surface area contributed by atoms with E-state index in [0.717, 1.165) is 19.4 Å². The van der Waals surface area contributed by atoms with Crippen LogP contribution in [0.2, 0.25) is 0 Å². The Bertz CT molecular complexity index is 89.3. The van der Waals surface area contributed by atoms with E-state index in [1.54, 1.807) is 5.01 Å². The van der Waals surface area contributed by atoms with Gasteiger partial charge in [0, 0.05) is 13.6 Å². The fourth-order valence-corrected chi connectivity index (χ4v) is 0.826. The van der Waals surface area contributed by atoms with E-state index >= 15 is 0 Å². The third-order valence-corrected chi connectivity index (χ3v) is 1.54. The summed E-state index contributed by atoms with van der Waals surface area (Å²) in [6.45, 7) is 6.86. The molecule has 2 nitrogen and oxygen atoms in total. The van der Waals surface area contributed by atoms with E-state index in [2.05, 4.69) is 13.5 Å². The van der Waals surface area contributed by atoms with Gasteiger partial charge in [-0.15, -0.1) is 6.58 Å². The maximum atomic E-state index is 5.44. The smallest absolute Gasteiger partial charge is 0.0128 e. The van der Waals surface area contributed by atoms with Crippen molar-refractivity contribution in [2.45, 2.75) is 19.8 Å². The molecule has 0 aliphatic rings. The molecule has 0 saturated carbocycles. The summed E-state index contributed by atoms with van der Waals surface area (Å²) in [5, 5.41) is 1.72. The van der Waals surface area contributed by atoms with Gasteiger partial charge in [-0.2, -0.15) is 0 Å². The van der Waals surface area contributed by atoms with Gasteiger partial charge in [0.15, 0.2) is 0 Å². The Balaban J connectivity index is 3.20. The predicted molar refractivity (Wildman–Crippen MR) is 45.4 cm³/mol. The van der Waals surface area contributed by atoms with Crippen LogP contribution in [0.3, 0.4) is 0 Å². The van der Waals surface area contributed by atoms with Gasteiger partial charge in [0.1, 0.15) is 0 Å². The van der Waals surface area contributed by atoms with Gasteiger partial charge in [-0.3, -0.25) is 10.9 Å². The zero-order valence-corrected chi connectivity index (χ0v) is 7.01. The van der Waals surface area contributed by atoms with Crippen molar-refractivity contribution in [2.24, 2.45) is 11.8 Å². The Kier molecular flexibility index (Phi) is 5.26. The Morgan fingerprint density at radius 1 is 1.70 bits per heavy atom. The second kappa shape index (κ2) is 5.45. The molecule has 60 valence electrons. The van der Waals surface area contributed by atoms with Crippen LogP contribution in [0.4, 0.5) is 0 Å². The zero-order chi connectivity index (χ0) is 7.98. The predicted octanol–water partition coefficient (Wildman–Crippen LogP) is 1.39. The molecule has 0 amide bonds. The summed E-state index contributed by atoms with van der Waals surface area (Å²) in [5.74, 6) is 6.16. The van der Waals surface area contributed by atoms with E-state index < -0.39 is 0 Å². The van der Waals surface area contributed by atoms with Gasteiger partial charge in [-0.05, 0) is 18.8 Å². The molecule has 0 radical (unpaired) electrons. The number of hydrazine groups is 1. The normalized spacial score (nSPS) is 13.6. The van der Waals surface area contributed by atoms with Crippen molar-refractivity contribution in [2.75, 3.05) is 13.6 Å². The fraction of sp³-hybridized carbons (Fsp3) is 0.750. The van der Waals surface area contributed by atoms with Crippen molar-refractivity contribution in [3.63, 3.8) is 0 Å². The summed E-state index contributed by atoms with van der Waals surface area (Å²) in [4.78, 5) is 0. The highest BCUT2D eigenvalue weighted by atomic mass is 15.4. The standard InChI is InChI=1S/C8H18N2/c1-4-5-8(2)6-7-10(3)9/h4,8H,1,5-7,9H2,2-3H3. The molecule has 1 atom stereocenters. The van der Waals surface area contributed by atoms with Gasteiger partial charge >= 0.3 is 0 Å². The number of nitrogens with two attached hydrogens (primary N) is 1. The van der Waals surface area contributed by atoms with Gasteiger partial charge in [0.25, 0.3) is 0 Å². The summed E-state index contributed by atoms with van der Waals surface area (Å²) >= 11 is 0. The lowest BCUT2D eigenvalue weighted by Crippen LogP contribution is -2.27. The molecular formula is C8H18N2. The van der Waals surface area contributed by atoms with Gasteiger partial charge in [0.2, 0.25) is 0 Å². The van der Waals surface area contributed by atoms with E-state index in [-0.39, 0.29) is 0 Å². The molecule has 0 aromatic rings. The third kappa shape index (κ3) is 5.79. The van der Waals surface area contributed by atoms with Crippen LogP contribution in [0.15, 0.2) is 12.7 Å². The quantitative estimate of drug-likeness (QED) is 0.357. The van der Waals surface area contributed by atoms with Gasteiger partial charge < -0.3 is 0 Å². The lowest BCUT2D eigenvalue weighted by molar-refractivity contribution is 0.316. The number of hydrogen-bond donors (Lipinski definition) is 1. The van der Waals surface area contributed by atoms with Crippen LogP contribution in [-0.4, -0.2) is 18.6 Å². The summed E-state index contributed by atoms with van der Waals surface area (Å²) < 4.78 is 0. The summed E-state index contributed by atoms with van der Waals surface area (Å²) in [6.07, 6.45) is 4.20. The highest BCUT2D eigenvalue weighted by Gasteiger charge is 1.99. The molecule has 0 saturated heterocycles.